The Balaban J connectivity index is 2.14. The smallest absolute Gasteiger partial charge is 0.147 e. The second-order valence-corrected chi connectivity index (χ2v) is 7.60. The summed E-state index contributed by atoms with van der Waals surface area (Å²) >= 11 is 0. The van der Waals surface area contributed by atoms with Crippen molar-refractivity contribution in [2.45, 2.75) is 39.5 Å². The highest BCUT2D eigenvalue weighted by Crippen LogP contribution is 2.36. The van der Waals surface area contributed by atoms with E-state index in [9.17, 15) is 0 Å². The average molecular weight is 355 g/mol. The van der Waals surface area contributed by atoms with Gasteiger partial charge in [-0.05, 0) is 47.2 Å². The van der Waals surface area contributed by atoms with Crippen LogP contribution >= 0.6 is 0 Å². The van der Waals surface area contributed by atoms with Crippen molar-refractivity contribution in [2.75, 3.05) is 0 Å². The quantitative estimate of drug-likeness (QED) is 0.428. The maximum Gasteiger partial charge on any atom is 0.147 e. The van der Waals surface area contributed by atoms with Gasteiger partial charge in [0.25, 0.3) is 0 Å². The SMILES string of the molecule is CC(C)c1cccc(C(C)C)c1-n1c(-c2cccnc2)nc2ccccc21. The Labute approximate surface area is 160 Å². The summed E-state index contributed by atoms with van der Waals surface area (Å²) in [5.74, 6) is 1.78. The Hall–Kier alpha value is -2.94. The van der Waals surface area contributed by atoms with Gasteiger partial charge in [-0.25, -0.2) is 4.98 Å². The fourth-order valence-electron chi connectivity index (χ4n) is 3.71. The fourth-order valence-corrected chi connectivity index (χ4v) is 3.71. The van der Waals surface area contributed by atoms with Crippen molar-refractivity contribution < 1.29 is 0 Å². The number of imidazole rings is 1. The topological polar surface area (TPSA) is 30.7 Å². The molecule has 136 valence electrons. The first kappa shape index (κ1) is 17.5. The maximum atomic E-state index is 4.98. The van der Waals surface area contributed by atoms with Crippen LogP contribution in [0, 0.1) is 0 Å². The van der Waals surface area contributed by atoms with Crippen molar-refractivity contribution in [1.82, 2.24) is 14.5 Å². The highest BCUT2D eigenvalue weighted by molar-refractivity contribution is 5.84. The molecule has 2 heterocycles. The third kappa shape index (κ3) is 3.03. The molecule has 0 radical (unpaired) electrons. The van der Waals surface area contributed by atoms with Crippen molar-refractivity contribution >= 4 is 11.0 Å². The zero-order valence-electron chi connectivity index (χ0n) is 16.3. The van der Waals surface area contributed by atoms with Crippen LogP contribution in [0.25, 0.3) is 28.1 Å². The molecular weight excluding hydrogens is 330 g/mol. The van der Waals surface area contributed by atoms with Crippen molar-refractivity contribution in [3.8, 4) is 17.1 Å². The number of nitrogens with zero attached hydrogens (tertiary/aromatic N) is 3. The van der Waals surface area contributed by atoms with Gasteiger partial charge in [-0.3, -0.25) is 9.55 Å². The standard InChI is InChI=1S/C24H25N3/c1-16(2)19-10-7-11-20(17(3)4)23(19)27-22-13-6-5-12-21(22)26-24(27)18-9-8-14-25-15-18/h5-17H,1-4H3. The lowest BCUT2D eigenvalue weighted by atomic mass is 9.92. The van der Waals surface area contributed by atoms with Crippen molar-refractivity contribution in [1.29, 1.82) is 0 Å². The molecule has 0 aliphatic rings. The molecular formula is C24H25N3. The van der Waals surface area contributed by atoms with Gasteiger partial charge >= 0.3 is 0 Å². The minimum atomic E-state index is 0.418. The van der Waals surface area contributed by atoms with Crippen LogP contribution < -0.4 is 0 Å². The lowest BCUT2D eigenvalue weighted by Gasteiger charge is -2.22. The van der Waals surface area contributed by atoms with Gasteiger partial charge in [-0.15, -0.1) is 0 Å². The fraction of sp³-hybridized carbons (Fsp3) is 0.250. The van der Waals surface area contributed by atoms with Gasteiger partial charge in [-0.2, -0.15) is 0 Å². The van der Waals surface area contributed by atoms with E-state index in [1.54, 1.807) is 6.20 Å². The number of fused-ring (bicyclic) bond motifs is 1. The number of pyridine rings is 1. The molecule has 0 bridgehead atoms. The molecule has 3 heteroatoms. The average Bonchev–Trinajstić information content (AvgIpc) is 3.07. The molecule has 27 heavy (non-hydrogen) atoms. The second-order valence-electron chi connectivity index (χ2n) is 7.60. The Bertz CT molecular complexity index is 1050. The van der Waals surface area contributed by atoms with Gasteiger partial charge in [0.15, 0.2) is 0 Å². The van der Waals surface area contributed by atoms with E-state index in [1.165, 1.54) is 16.8 Å². The predicted octanol–water partition coefficient (Wildman–Crippen LogP) is 6.33. The zero-order valence-corrected chi connectivity index (χ0v) is 16.3. The summed E-state index contributed by atoms with van der Waals surface area (Å²) in [5, 5.41) is 0. The molecule has 0 amide bonds. The molecule has 0 saturated heterocycles. The Morgan fingerprint density at radius 3 is 2.11 bits per heavy atom. The van der Waals surface area contributed by atoms with E-state index in [-0.39, 0.29) is 0 Å². The predicted molar refractivity (Wildman–Crippen MR) is 112 cm³/mol. The second kappa shape index (κ2) is 6.99. The van der Waals surface area contributed by atoms with Crippen LogP contribution in [0.3, 0.4) is 0 Å². The lowest BCUT2D eigenvalue weighted by Crippen LogP contribution is -2.08. The Morgan fingerprint density at radius 1 is 0.778 bits per heavy atom. The molecule has 2 aromatic heterocycles. The Kier molecular flexibility index (Phi) is 4.53. The molecule has 0 aliphatic carbocycles. The third-order valence-electron chi connectivity index (χ3n) is 5.05. The third-order valence-corrected chi connectivity index (χ3v) is 5.05. The normalized spacial score (nSPS) is 11.6. The zero-order chi connectivity index (χ0) is 19.0. The van der Waals surface area contributed by atoms with Crippen LogP contribution in [0.15, 0.2) is 67.0 Å². The number of hydrogen-bond acceptors (Lipinski definition) is 2. The summed E-state index contributed by atoms with van der Waals surface area (Å²) in [6.45, 7) is 9.02. The highest BCUT2D eigenvalue weighted by Gasteiger charge is 2.21. The summed E-state index contributed by atoms with van der Waals surface area (Å²) in [6, 6.07) is 19.1. The van der Waals surface area contributed by atoms with Crippen molar-refractivity contribution in [3.63, 3.8) is 0 Å². The summed E-state index contributed by atoms with van der Waals surface area (Å²) in [7, 11) is 0. The lowest BCUT2D eigenvalue weighted by molar-refractivity contribution is 0.811. The minimum absolute atomic E-state index is 0.418. The summed E-state index contributed by atoms with van der Waals surface area (Å²) in [6.07, 6.45) is 3.70. The van der Waals surface area contributed by atoms with Gasteiger partial charge in [0.1, 0.15) is 5.82 Å². The molecule has 0 aliphatic heterocycles. The number of aromatic nitrogens is 3. The van der Waals surface area contributed by atoms with E-state index in [1.807, 2.05) is 18.3 Å². The minimum Gasteiger partial charge on any atom is -0.292 e. The molecule has 0 N–H and O–H groups in total. The van der Waals surface area contributed by atoms with Crippen LogP contribution in [0.2, 0.25) is 0 Å². The van der Waals surface area contributed by atoms with Crippen molar-refractivity contribution in [3.05, 3.63) is 78.1 Å². The number of benzene rings is 2. The van der Waals surface area contributed by atoms with E-state index in [0.717, 1.165) is 22.4 Å². The van der Waals surface area contributed by atoms with Crippen LogP contribution in [-0.4, -0.2) is 14.5 Å². The molecule has 4 rings (SSSR count). The maximum absolute atomic E-state index is 4.98. The number of para-hydroxylation sites is 3. The van der Waals surface area contributed by atoms with Crippen LogP contribution in [0.4, 0.5) is 0 Å². The molecule has 3 nitrogen and oxygen atoms in total. The van der Waals surface area contributed by atoms with E-state index in [2.05, 4.69) is 79.7 Å². The number of hydrogen-bond donors (Lipinski definition) is 0. The van der Waals surface area contributed by atoms with Gasteiger partial charge in [-0.1, -0.05) is 58.0 Å². The van der Waals surface area contributed by atoms with E-state index >= 15 is 0 Å². The van der Waals surface area contributed by atoms with E-state index in [4.69, 9.17) is 4.98 Å². The summed E-state index contributed by atoms with van der Waals surface area (Å²) in [5.41, 5.74) is 7.11. The van der Waals surface area contributed by atoms with E-state index in [0.29, 0.717) is 11.8 Å². The Morgan fingerprint density at radius 2 is 1.48 bits per heavy atom. The summed E-state index contributed by atoms with van der Waals surface area (Å²) in [4.78, 5) is 9.31. The number of rotatable bonds is 4. The monoisotopic (exact) mass is 355 g/mol. The molecule has 2 aromatic carbocycles. The first-order chi connectivity index (χ1) is 13.1. The van der Waals surface area contributed by atoms with Crippen LogP contribution in [0.1, 0.15) is 50.7 Å². The van der Waals surface area contributed by atoms with Gasteiger partial charge < -0.3 is 0 Å². The molecule has 4 aromatic rings. The van der Waals surface area contributed by atoms with Gasteiger partial charge in [0.2, 0.25) is 0 Å². The molecule has 0 unspecified atom stereocenters. The highest BCUT2D eigenvalue weighted by atomic mass is 15.1. The van der Waals surface area contributed by atoms with Crippen LogP contribution in [0.5, 0.6) is 0 Å². The van der Waals surface area contributed by atoms with E-state index < -0.39 is 0 Å². The first-order valence-corrected chi connectivity index (χ1v) is 9.59. The van der Waals surface area contributed by atoms with Crippen LogP contribution in [-0.2, 0) is 0 Å². The largest absolute Gasteiger partial charge is 0.292 e. The van der Waals surface area contributed by atoms with Gasteiger partial charge in [0, 0.05) is 18.0 Å². The summed E-state index contributed by atoms with van der Waals surface area (Å²) < 4.78 is 2.33. The van der Waals surface area contributed by atoms with Gasteiger partial charge in [0.05, 0.1) is 16.7 Å². The first-order valence-electron chi connectivity index (χ1n) is 9.59. The molecule has 0 atom stereocenters. The molecule has 0 fully saturated rings. The molecule has 0 saturated carbocycles. The van der Waals surface area contributed by atoms with Crippen molar-refractivity contribution in [2.24, 2.45) is 0 Å². The molecule has 0 spiro atoms.